The first-order chi connectivity index (χ1) is 12.8. The maximum Gasteiger partial charge on any atom is 0.342 e. The maximum atomic E-state index is 13.7. The van der Waals surface area contributed by atoms with Crippen LogP contribution in [0.4, 0.5) is 14.5 Å². The second-order valence-corrected chi connectivity index (χ2v) is 7.61. The Bertz CT molecular complexity index is 940. The number of anilines is 1. The highest BCUT2D eigenvalue weighted by Gasteiger charge is 2.23. The summed E-state index contributed by atoms with van der Waals surface area (Å²) >= 11 is 0. The Hall–Kier alpha value is -2.68. The summed E-state index contributed by atoms with van der Waals surface area (Å²) in [5.74, 6) is -2.03. The van der Waals surface area contributed by atoms with Gasteiger partial charge in [-0.3, -0.25) is 4.79 Å². The van der Waals surface area contributed by atoms with Crippen LogP contribution in [0.15, 0.2) is 47.4 Å². The van der Waals surface area contributed by atoms with Gasteiger partial charge in [0.1, 0.15) is 22.3 Å². The van der Waals surface area contributed by atoms with Crippen molar-refractivity contribution < 1.29 is 26.2 Å². The monoisotopic (exact) mass is 396 g/mol. The molecular weight excluding hydrogens is 378 g/mol. The molecule has 9 heteroatoms. The molecule has 1 aliphatic heterocycles. The van der Waals surface area contributed by atoms with Crippen LogP contribution >= 0.6 is 0 Å². The lowest BCUT2D eigenvalue weighted by Gasteiger charge is -2.35. The van der Waals surface area contributed by atoms with Crippen LogP contribution in [-0.4, -0.2) is 45.4 Å². The Morgan fingerprint density at radius 2 is 1.63 bits per heavy atom. The predicted octanol–water partition coefficient (Wildman–Crippen LogP) is 2.40. The zero-order valence-corrected chi connectivity index (χ0v) is 15.4. The number of carbonyl (C=O) groups excluding carboxylic acids is 1. The van der Waals surface area contributed by atoms with Crippen molar-refractivity contribution in [1.29, 1.82) is 0 Å². The van der Waals surface area contributed by atoms with Gasteiger partial charge in [-0.15, -0.1) is 0 Å². The Labute approximate surface area is 156 Å². The van der Waals surface area contributed by atoms with E-state index in [1.807, 2.05) is 0 Å². The molecule has 0 aromatic heterocycles. The van der Waals surface area contributed by atoms with Gasteiger partial charge >= 0.3 is 10.1 Å². The molecule has 0 spiro atoms. The molecule has 1 aliphatic rings. The summed E-state index contributed by atoms with van der Waals surface area (Å²) in [7, 11) is -4.41. The smallest absolute Gasteiger partial charge is 0.342 e. The van der Waals surface area contributed by atoms with E-state index in [0.717, 1.165) is 17.8 Å². The fourth-order valence-corrected chi connectivity index (χ4v) is 3.83. The van der Waals surface area contributed by atoms with Gasteiger partial charge in [-0.05, 0) is 36.4 Å². The van der Waals surface area contributed by atoms with Gasteiger partial charge in [0.25, 0.3) is 0 Å². The number of hydrogen-bond donors (Lipinski definition) is 0. The molecule has 1 fully saturated rings. The molecule has 0 aliphatic carbocycles. The molecule has 2 aromatic carbocycles. The summed E-state index contributed by atoms with van der Waals surface area (Å²) in [5, 5.41) is 0. The first-order valence-electron chi connectivity index (χ1n) is 8.26. The Morgan fingerprint density at radius 3 is 2.19 bits per heavy atom. The minimum absolute atomic E-state index is 0.0184. The molecule has 6 nitrogen and oxygen atoms in total. The minimum atomic E-state index is -4.41. The molecule has 0 N–H and O–H groups in total. The number of halogens is 2. The number of benzene rings is 2. The average Bonchev–Trinajstić information content (AvgIpc) is 2.62. The van der Waals surface area contributed by atoms with Crippen LogP contribution in [0.25, 0.3) is 0 Å². The molecule has 1 saturated heterocycles. The normalized spacial score (nSPS) is 14.9. The number of rotatable bonds is 4. The van der Waals surface area contributed by atoms with Crippen LogP contribution in [0.5, 0.6) is 5.75 Å². The maximum absolute atomic E-state index is 13.7. The van der Waals surface area contributed by atoms with E-state index in [2.05, 4.69) is 4.90 Å². The van der Waals surface area contributed by atoms with Gasteiger partial charge in [-0.2, -0.15) is 8.42 Å². The fourth-order valence-electron chi connectivity index (χ4n) is 2.84. The van der Waals surface area contributed by atoms with Crippen LogP contribution < -0.4 is 9.08 Å². The number of amides is 1. The van der Waals surface area contributed by atoms with Crippen molar-refractivity contribution >= 4 is 21.7 Å². The standard InChI is InChI=1S/C18H18F2N2O4S/c1-13(23)21-8-10-22(11-9-21)15-3-5-16(6-4-15)26-27(24,25)18-7-2-14(19)12-17(18)20/h2-7,12H,8-11H2,1H3. The van der Waals surface area contributed by atoms with E-state index in [1.165, 1.54) is 19.1 Å². The van der Waals surface area contributed by atoms with Gasteiger partial charge in [0.05, 0.1) is 0 Å². The molecule has 0 bridgehead atoms. The average molecular weight is 396 g/mol. The molecular formula is C18H18F2N2O4S. The quantitative estimate of drug-likeness (QED) is 0.743. The summed E-state index contributed by atoms with van der Waals surface area (Å²) < 4.78 is 56.0. The van der Waals surface area contributed by atoms with Crippen LogP contribution in [0, 0.1) is 11.6 Å². The third-order valence-corrected chi connectivity index (χ3v) is 5.58. The van der Waals surface area contributed by atoms with E-state index in [1.54, 1.807) is 17.0 Å². The molecule has 1 amide bonds. The predicted molar refractivity (Wildman–Crippen MR) is 95.1 cm³/mol. The number of hydrogen-bond acceptors (Lipinski definition) is 5. The topological polar surface area (TPSA) is 66.9 Å². The first kappa shape index (κ1) is 19.1. The highest BCUT2D eigenvalue weighted by molar-refractivity contribution is 7.87. The minimum Gasteiger partial charge on any atom is -0.379 e. The third kappa shape index (κ3) is 4.36. The lowest BCUT2D eigenvalue weighted by Crippen LogP contribution is -2.48. The van der Waals surface area contributed by atoms with Gasteiger partial charge in [0.15, 0.2) is 0 Å². The van der Waals surface area contributed by atoms with E-state index < -0.39 is 26.6 Å². The molecule has 27 heavy (non-hydrogen) atoms. The number of nitrogens with zero attached hydrogens (tertiary/aromatic N) is 2. The summed E-state index contributed by atoms with van der Waals surface area (Å²) in [6.07, 6.45) is 0. The van der Waals surface area contributed by atoms with Crippen LogP contribution in [-0.2, 0) is 14.9 Å². The van der Waals surface area contributed by atoms with Gasteiger partial charge < -0.3 is 14.0 Å². The lowest BCUT2D eigenvalue weighted by molar-refractivity contribution is -0.129. The molecule has 0 atom stereocenters. The third-order valence-electron chi connectivity index (χ3n) is 4.30. The van der Waals surface area contributed by atoms with E-state index in [4.69, 9.17) is 4.18 Å². The number of piperazine rings is 1. The SMILES string of the molecule is CC(=O)N1CCN(c2ccc(OS(=O)(=O)c3ccc(F)cc3F)cc2)CC1. The largest absolute Gasteiger partial charge is 0.379 e. The first-order valence-corrected chi connectivity index (χ1v) is 9.67. The van der Waals surface area contributed by atoms with E-state index in [-0.39, 0.29) is 11.7 Å². The zero-order chi connectivity index (χ0) is 19.6. The second kappa shape index (κ2) is 7.51. The van der Waals surface area contributed by atoms with Crippen molar-refractivity contribution in [1.82, 2.24) is 4.90 Å². The van der Waals surface area contributed by atoms with Crippen molar-refractivity contribution in [3.63, 3.8) is 0 Å². The summed E-state index contributed by atoms with van der Waals surface area (Å²) in [4.78, 5) is 14.5. The fraction of sp³-hybridized carbons (Fsp3) is 0.278. The Morgan fingerprint density at radius 1 is 1.00 bits per heavy atom. The van der Waals surface area contributed by atoms with Crippen molar-refractivity contribution in [3.8, 4) is 5.75 Å². The van der Waals surface area contributed by atoms with Gasteiger partial charge in [-0.25, -0.2) is 8.78 Å². The summed E-state index contributed by atoms with van der Waals surface area (Å²) in [5.41, 5.74) is 0.857. The Kier molecular flexibility index (Phi) is 5.31. The lowest BCUT2D eigenvalue weighted by atomic mass is 10.2. The van der Waals surface area contributed by atoms with Crippen molar-refractivity contribution in [2.45, 2.75) is 11.8 Å². The highest BCUT2D eigenvalue weighted by Crippen LogP contribution is 2.25. The Balaban J connectivity index is 1.70. The van der Waals surface area contributed by atoms with Crippen molar-refractivity contribution in [2.75, 3.05) is 31.1 Å². The van der Waals surface area contributed by atoms with Crippen molar-refractivity contribution in [2.24, 2.45) is 0 Å². The van der Waals surface area contributed by atoms with Crippen LogP contribution in [0.2, 0.25) is 0 Å². The molecule has 0 saturated carbocycles. The zero-order valence-electron chi connectivity index (χ0n) is 14.6. The molecule has 0 unspecified atom stereocenters. The highest BCUT2D eigenvalue weighted by atomic mass is 32.2. The van der Waals surface area contributed by atoms with Crippen LogP contribution in [0.1, 0.15) is 6.92 Å². The molecule has 144 valence electrons. The summed E-state index contributed by atoms with van der Waals surface area (Å²) in [6, 6.07) is 8.47. The second-order valence-electron chi connectivity index (χ2n) is 6.10. The number of carbonyl (C=O) groups is 1. The van der Waals surface area contributed by atoms with Crippen LogP contribution in [0.3, 0.4) is 0 Å². The van der Waals surface area contributed by atoms with E-state index in [9.17, 15) is 22.0 Å². The molecule has 0 radical (unpaired) electrons. The van der Waals surface area contributed by atoms with E-state index >= 15 is 0 Å². The van der Waals surface area contributed by atoms with E-state index in [0.29, 0.717) is 32.2 Å². The molecule has 3 rings (SSSR count). The molecule has 1 heterocycles. The van der Waals surface area contributed by atoms with Gasteiger partial charge in [-0.1, -0.05) is 0 Å². The van der Waals surface area contributed by atoms with Crippen molar-refractivity contribution in [3.05, 3.63) is 54.1 Å². The van der Waals surface area contributed by atoms with Gasteiger partial charge in [0.2, 0.25) is 5.91 Å². The summed E-state index contributed by atoms with van der Waals surface area (Å²) in [6.45, 7) is 4.10. The van der Waals surface area contributed by atoms with Gasteiger partial charge in [0, 0.05) is 44.9 Å². The molecule has 2 aromatic rings.